The van der Waals surface area contributed by atoms with Crippen LogP contribution in [0.2, 0.25) is 0 Å². The maximum atomic E-state index is 6.51. The molecule has 1 aromatic heterocycles. The van der Waals surface area contributed by atoms with Gasteiger partial charge in [-0.1, -0.05) is 71.0 Å². The molecule has 0 saturated heterocycles. The molecule has 0 N–H and O–H groups in total. The molecule has 4 aromatic rings. The molecule has 0 bridgehead atoms. The number of nitrogens with zero attached hydrogens (tertiary/aromatic N) is 4. The van der Waals surface area contributed by atoms with E-state index in [2.05, 4.69) is 143 Å². The van der Waals surface area contributed by atoms with Gasteiger partial charge in [-0.3, -0.25) is 0 Å². The SMILES string of the molecule is Cc1nn(-c2cc(Oc3cccc(N4C=CN(C)C4)c3)cc(C(C)(C)C)c2)c(C)c1C(C)(C)c1ccccc1. The Labute approximate surface area is 233 Å². The number of rotatable bonds is 6. The van der Waals surface area contributed by atoms with Crippen LogP contribution in [0.5, 0.6) is 11.5 Å². The minimum absolute atomic E-state index is 0.0524. The standard InChI is InChI=1S/C34H40N4O/c1-24-32(34(6,7)26-13-10-9-11-14-26)25(2)38(35-24)29-19-27(33(3,4)5)20-31(22-29)39-30-16-12-15-28(21-30)37-18-17-36(8)23-37/h9-22H,23H2,1-8H3. The second-order valence-corrected chi connectivity index (χ2v) is 12.2. The first kappa shape index (κ1) is 26.6. The summed E-state index contributed by atoms with van der Waals surface area (Å²) in [5.74, 6) is 1.62. The summed E-state index contributed by atoms with van der Waals surface area (Å²) >= 11 is 0. The molecule has 0 aliphatic carbocycles. The molecular formula is C34H40N4O. The first-order chi connectivity index (χ1) is 18.4. The number of aryl methyl sites for hydroxylation is 1. The van der Waals surface area contributed by atoms with E-state index in [1.165, 1.54) is 16.7 Å². The van der Waals surface area contributed by atoms with Crippen LogP contribution < -0.4 is 9.64 Å². The molecule has 0 spiro atoms. The van der Waals surface area contributed by atoms with E-state index in [0.717, 1.165) is 40.9 Å². The van der Waals surface area contributed by atoms with E-state index < -0.39 is 0 Å². The monoisotopic (exact) mass is 520 g/mol. The third-order valence-corrected chi connectivity index (χ3v) is 7.68. The lowest BCUT2D eigenvalue weighted by molar-refractivity contribution is 0.476. The first-order valence-electron chi connectivity index (χ1n) is 13.6. The predicted octanol–water partition coefficient (Wildman–Crippen LogP) is 8.09. The largest absolute Gasteiger partial charge is 0.457 e. The van der Waals surface area contributed by atoms with Gasteiger partial charge in [-0.25, -0.2) is 4.68 Å². The van der Waals surface area contributed by atoms with Crippen molar-refractivity contribution in [1.29, 1.82) is 0 Å². The zero-order valence-electron chi connectivity index (χ0n) is 24.5. The van der Waals surface area contributed by atoms with Gasteiger partial charge in [-0.2, -0.15) is 5.10 Å². The van der Waals surface area contributed by atoms with Crippen molar-refractivity contribution in [2.24, 2.45) is 0 Å². The van der Waals surface area contributed by atoms with Crippen LogP contribution in [-0.4, -0.2) is 28.4 Å². The molecule has 0 atom stereocenters. The number of hydrogen-bond donors (Lipinski definition) is 0. The fourth-order valence-corrected chi connectivity index (χ4v) is 5.55. The summed E-state index contributed by atoms with van der Waals surface area (Å²) in [6, 6.07) is 25.4. The number of anilines is 1. The zero-order valence-corrected chi connectivity index (χ0v) is 24.5. The van der Waals surface area contributed by atoms with E-state index in [0.29, 0.717) is 0 Å². The van der Waals surface area contributed by atoms with Crippen molar-refractivity contribution < 1.29 is 4.74 Å². The Kier molecular flexibility index (Phi) is 6.79. The fraction of sp³-hybridized carbons (Fsp3) is 0.324. The molecule has 202 valence electrons. The van der Waals surface area contributed by atoms with Crippen LogP contribution in [0.3, 0.4) is 0 Å². The maximum Gasteiger partial charge on any atom is 0.129 e. The number of ether oxygens (including phenoxy) is 1. The molecule has 2 heterocycles. The number of hydrogen-bond acceptors (Lipinski definition) is 4. The Morgan fingerprint density at radius 2 is 1.46 bits per heavy atom. The van der Waals surface area contributed by atoms with E-state index >= 15 is 0 Å². The van der Waals surface area contributed by atoms with Crippen molar-refractivity contribution in [1.82, 2.24) is 14.7 Å². The van der Waals surface area contributed by atoms with E-state index in [4.69, 9.17) is 9.84 Å². The Hall–Kier alpha value is -3.99. The summed E-state index contributed by atoms with van der Waals surface area (Å²) in [7, 11) is 2.07. The molecule has 0 amide bonds. The highest BCUT2D eigenvalue weighted by Crippen LogP contribution is 2.38. The van der Waals surface area contributed by atoms with Crippen LogP contribution in [0, 0.1) is 13.8 Å². The molecule has 0 unspecified atom stereocenters. The molecule has 39 heavy (non-hydrogen) atoms. The Morgan fingerprint density at radius 3 is 2.13 bits per heavy atom. The van der Waals surface area contributed by atoms with Crippen molar-refractivity contribution in [2.75, 3.05) is 18.6 Å². The average Bonchev–Trinajstić information content (AvgIpc) is 3.46. The van der Waals surface area contributed by atoms with Gasteiger partial charge in [0.2, 0.25) is 0 Å². The fourth-order valence-electron chi connectivity index (χ4n) is 5.55. The van der Waals surface area contributed by atoms with Gasteiger partial charge in [-0.15, -0.1) is 0 Å². The van der Waals surface area contributed by atoms with Gasteiger partial charge in [0.1, 0.15) is 11.5 Å². The normalized spacial score (nSPS) is 13.8. The summed E-state index contributed by atoms with van der Waals surface area (Å²) in [4.78, 5) is 4.35. The zero-order chi connectivity index (χ0) is 27.9. The molecule has 5 rings (SSSR count). The first-order valence-corrected chi connectivity index (χ1v) is 13.6. The Bertz CT molecular complexity index is 1510. The lowest BCUT2D eigenvalue weighted by atomic mass is 9.77. The molecule has 0 radical (unpaired) electrons. The van der Waals surface area contributed by atoms with Crippen LogP contribution in [0.15, 0.2) is 85.2 Å². The Balaban J connectivity index is 1.55. The van der Waals surface area contributed by atoms with Crippen LogP contribution in [0.1, 0.15) is 62.7 Å². The van der Waals surface area contributed by atoms with Crippen molar-refractivity contribution in [3.05, 3.63) is 113 Å². The minimum Gasteiger partial charge on any atom is -0.457 e. The maximum absolute atomic E-state index is 6.51. The third-order valence-electron chi connectivity index (χ3n) is 7.68. The van der Waals surface area contributed by atoms with Gasteiger partial charge in [-0.05, 0) is 54.7 Å². The van der Waals surface area contributed by atoms with Gasteiger partial charge >= 0.3 is 0 Å². The van der Waals surface area contributed by atoms with E-state index in [1.54, 1.807) is 0 Å². The van der Waals surface area contributed by atoms with Crippen molar-refractivity contribution in [3.63, 3.8) is 0 Å². The molecular weight excluding hydrogens is 480 g/mol. The Morgan fingerprint density at radius 1 is 0.744 bits per heavy atom. The molecule has 1 aliphatic heterocycles. The van der Waals surface area contributed by atoms with E-state index in [9.17, 15) is 0 Å². The predicted molar refractivity (Wildman–Crippen MR) is 161 cm³/mol. The van der Waals surface area contributed by atoms with Crippen LogP contribution in [-0.2, 0) is 10.8 Å². The smallest absolute Gasteiger partial charge is 0.129 e. The highest BCUT2D eigenvalue weighted by Gasteiger charge is 2.30. The van der Waals surface area contributed by atoms with Gasteiger partial charge in [0.15, 0.2) is 0 Å². The van der Waals surface area contributed by atoms with E-state index in [-0.39, 0.29) is 10.8 Å². The molecule has 0 saturated carbocycles. The van der Waals surface area contributed by atoms with Gasteiger partial charge in [0.05, 0.1) is 18.1 Å². The summed E-state index contributed by atoms with van der Waals surface area (Å²) < 4.78 is 8.59. The molecule has 0 fully saturated rings. The van der Waals surface area contributed by atoms with Gasteiger partial charge < -0.3 is 14.5 Å². The topological polar surface area (TPSA) is 33.5 Å². The quantitative estimate of drug-likeness (QED) is 0.257. The molecule has 1 aliphatic rings. The van der Waals surface area contributed by atoms with E-state index in [1.807, 2.05) is 12.1 Å². The summed E-state index contributed by atoms with van der Waals surface area (Å²) in [5.41, 5.74) is 7.81. The molecule has 5 heteroatoms. The van der Waals surface area contributed by atoms with Crippen LogP contribution in [0.25, 0.3) is 5.69 Å². The van der Waals surface area contributed by atoms with Gasteiger partial charge in [0.25, 0.3) is 0 Å². The highest BCUT2D eigenvalue weighted by atomic mass is 16.5. The van der Waals surface area contributed by atoms with Crippen LogP contribution >= 0.6 is 0 Å². The summed E-state index contributed by atoms with van der Waals surface area (Å²) in [6.07, 6.45) is 4.17. The number of benzene rings is 3. The van der Waals surface area contributed by atoms with Crippen molar-refractivity contribution in [2.45, 2.75) is 59.3 Å². The highest BCUT2D eigenvalue weighted by molar-refractivity contribution is 5.55. The van der Waals surface area contributed by atoms with Crippen molar-refractivity contribution >= 4 is 5.69 Å². The van der Waals surface area contributed by atoms with Crippen LogP contribution in [0.4, 0.5) is 5.69 Å². The summed E-state index contributed by atoms with van der Waals surface area (Å²) in [5, 5.41) is 5.06. The summed E-state index contributed by atoms with van der Waals surface area (Å²) in [6.45, 7) is 16.4. The second kappa shape index (κ2) is 9.96. The molecule has 3 aromatic carbocycles. The molecule has 5 nitrogen and oxygen atoms in total. The third kappa shape index (κ3) is 5.31. The lowest BCUT2D eigenvalue weighted by Gasteiger charge is -2.26. The lowest BCUT2D eigenvalue weighted by Crippen LogP contribution is -2.21. The van der Waals surface area contributed by atoms with Crippen molar-refractivity contribution in [3.8, 4) is 17.2 Å². The average molecular weight is 521 g/mol. The second-order valence-electron chi connectivity index (χ2n) is 12.2. The minimum atomic E-state index is -0.173. The van der Waals surface area contributed by atoms with Gasteiger partial charge in [0, 0.05) is 53.9 Å². The number of aromatic nitrogens is 2.